The molecule has 0 bridgehead atoms. The molecule has 1 fully saturated rings. The van der Waals surface area contributed by atoms with Crippen molar-refractivity contribution in [2.45, 2.75) is 45.6 Å². The van der Waals surface area contributed by atoms with Gasteiger partial charge in [-0.05, 0) is 43.2 Å². The van der Waals surface area contributed by atoms with E-state index in [-0.39, 0.29) is 5.41 Å². The molecule has 1 atom stereocenters. The Morgan fingerprint density at radius 1 is 1.35 bits per heavy atom. The van der Waals surface area contributed by atoms with Gasteiger partial charge < -0.3 is 15.3 Å². The predicted molar refractivity (Wildman–Crippen MR) is 67.4 cm³/mol. The van der Waals surface area contributed by atoms with Crippen LogP contribution < -0.4 is 5.73 Å². The summed E-state index contributed by atoms with van der Waals surface area (Å²) in [6.45, 7) is 5.09. The average molecular weight is 237 g/mol. The maximum Gasteiger partial charge on any atom is 0.132 e. The van der Waals surface area contributed by atoms with Crippen molar-refractivity contribution in [2.24, 2.45) is 16.6 Å². The highest BCUT2D eigenvalue weighted by molar-refractivity contribution is 5.08. The third-order valence-electron chi connectivity index (χ3n) is 4.40. The lowest BCUT2D eigenvalue weighted by atomic mass is 9.62. The first-order chi connectivity index (χ1) is 7.99. The number of hydrogen-bond acceptors (Lipinski definition) is 3. The van der Waals surface area contributed by atoms with Crippen LogP contribution in [0.4, 0.5) is 0 Å². The number of hydrogen-bond donors (Lipinski definition) is 2. The van der Waals surface area contributed by atoms with Gasteiger partial charge in [0.15, 0.2) is 0 Å². The van der Waals surface area contributed by atoms with Crippen LogP contribution in [-0.2, 0) is 0 Å². The van der Waals surface area contributed by atoms with Crippen LogP contribution in [0.15, 0.2) is 22.8 Å². The highest BCUT2D eigenvalue weighted by Crippen LogP contribution is 2.50. The zero-order valence-electron chi connectivity index (χ0n) is 10.8. The minimum Gasteiger partial charge on any atom is -0.467 e. The molecule has 1 aliphatic rings. The zero-order chi connectivity index (χ0) is 12.5. The molecule has 0 saturated heterocycles. The van der Waals surface area contributed by atoms with Crippen molar-refractivity contribution in [3.05, 3.63) is 24.2 Å². The zero-order valence-corrected chi connectivity index (χ0v) is 10.8. The van der Waals surface area contributed by atoms with Gasteiger partial charge in [0.1, 0.15) is 11.9 Å². The van der Waals surface area contributed by atoms with Crippen molar-refractivity contribution in [3.63, 3.8) is 0 Å². The lowest BCUT2D eigenvalue weighted by molar-refractivity contribution is -0.0347. The van der Waals surface area contributed by atoms with E-state index >= 15 is 0 Å². The Balaban J connectivity index is 2.16. The Hall–Kier alpha value is -0.800. The second-order valence-electron chi connectivity index (χ2n) is 6.15. The normalized spacial score (nSPS) is 24.5. The molecule has 0 amide bonds. The average Bonchev–Trinajstić information content (AvgIpc) is 2.82. The molecule has 0 aromatic carbocycles. The van der Waals surface area contributed by atoms with Gasteiger partial charge in [-0.15, -0.1) is 0 Å². The van der Waals surface area contributed by atoms with E-state index in [1.807, 2.05) is 12.1 Å². The molecule has 1 saturated carbocycles. The summed E-state index contributed by atoms with van der Waals surface area (Å²) in [6, 6.07) is 3.65. The fourth-order valence-electron chi connectivity index (χ4n) is 2.76. The van der Waals surface area contributed by atoms with Crippen LogP contribution in [0.5, 0.6) is 0 Å². The fraction of sp³-hybridized carbons (Fsp3) is 0.714. The van der Waals surface area contributed by atoms with Gasteiger partial charge in [0.2, 0.25) is 0 Å². The van der Waals surface area contributed by atoms with Crippen molar-refractivity contribution in [3.8, 4) is 0 Å². The third kappa shape index (κ3) is 2.40. The Bertz CT molecular complexity index is 346. The number of rotatable bonds is 3. The van der Waals surface area contributed by atoms with Crippen LogP contribution >= 0.6 is 0 Å². The lowest BCUT2D eigenvalue weighted by Crippen LogP contribution is -2.41. The van der Waals surface area contributed by atoms with Crippen LogP contribution in [0.1, 0.15) is 51.4 Å². The Labute approximate surface area is 103 Å². The first kappa shape index (κ1) is 12.7. The van der Waals surface area contributed by atoms with Crippen molar-refractivity contribution < 1.29 is 9.52 Å². The molecule has 3 nitrogen and oxygen atoms in total. The highest BCUT2D eigenvalue weighted by Gasteiger charge is 2.43. The van der Waals surface area contributed by atoms with Gasteiger partial charge in [-0.1, -0.05) is 13.8 Å². The van der Waals surface area contributed by atoms with E-state index in [2.05, 4.69) is 13.8 Å². The van der Waals surface area contributed by atoms with Crippen LogP contribution in [0.25, 0.3) is 0 Å². The van der Waals surface area contributed by atoms with E-state index in [4.69, 9.17) is 10.2 Å². The second kappa shape index (κ2) is 4.46. The van der Waals surface area contributed by atoms with Crippen LogP contribution in [-0.4, -0.2) is 11.7 Å². The van der Waals surface area contributed by atoms with Gasteiger partial charge in [-0.25, -0.2) is 0 Å². The van der Waals surface area contributed by atoms with Gasteiger partial charge in [-0.3, -0.25) is 0 Å². The van der Waals surface area contributed by atoms with E-state index in [1.54, 1.807) is 6.26 Å². The maximum atomic E-state index is 10.5. The molecule has 0 radical (unpaired) electrons. The summed E-state index contributed by atoms with van der Waals surface area (Å²) in [5.74, 6) is 0.648. The summed E-state index contributed by atoms with van der Waals surface area (Å²) in [4.78, 5) is 0. The standard InChI is InChI=1S/C14H23NO2/c1-13(2)5-7-14(10-15,8-6-13)12(16)11-4-3-9-17-11/h3-4,9,12,16H,5-8,10,15H2,1-2H3. The number of nitrogens with two attached hydrogens (primary N) is 1. The van der Waals surface area contributed by atoms with Crippen molar-refractivity contribution >= 4 is 0 Å². The van der Waals surface area contributed by atoms with Crippen LogP contribution in [0.3, 0.4) is 0 Å². The number of aliphatic hydroxyl groups is 1. The molecule has 1 unspecified atom stereocenters. The predicted octanol–water partition coefficient (Wildman–Crippen LogP) is 2.86. The van der Waals surface area contributed by atoms with E-state index in [0.29, 0.717) is 17.7 Å². The molecule has 0 spiro atoms. The summed E-state index contributed by atoms with van der Waals surface area (Å²) in [5.41, 5.74) is 6.11. The molecular formula is C14H23NO2. The highest BCUT2D eigenvalue weighted by atomic mass is 16.4. The number of aliphatic hydroxyl groups excluding tert-OH is 1. The van der Waals surface area contributed by atoms with E-state index in [9.17, 15) is 5.11 Å². The molecule has 1 heterocycles. The third-order valence-corrected chi connectivity index (χ3v) is 4.40. The molecule has 17 heavy (non-hydrogen) atoms. The minimum absolute atomic E-state index is 0.201. The monoisotopic (exact) mass is 237 g/mol. The van der Waals surface area contributed by atoms with Crippen LogP contribution in [0, 0.1) is 10.8 Å². The lowest BCUT2D eigenvalue weighted by Gasteiger charge is -2.45. The Kier molecular flexibility index (Phi) is 3.32. The maximum absolute atomic E-state index is 10.5. The number of furan rings is 1. The van der Waals surface area contributed by atoms with Crippen molar-refractivity contribution in [1.82, 2.24) is 0 Å². The largest absolute Gasteiger partial charge is 0.467 e. The minimum atomic E-state index is -0.571. The summed E-state index contributed by atoms with van der Waals surface area (Å²) in [7, 11) is 0. The van der Waals surface area contributed by atoms with Crippen LogP contribution in [0.2, 0.25) is 0 Å². The fourth-order valence-corrected chi connectivity index (χ4v) is 2.76. The van der Waals surface area contributed by atoms with Crippen molar-refractivity contribution in [1.29, 1.82) is 0 Å². The summed E-state index contributed by atoms with van der Waals surface area (Å²) >= 11 is 0. The SMILES string of the molecule is CC1(C)CCC(CN)(C(O)c2ccco2)CC1. The Morgan fingerprint density at radius 2 is 2.00 bits per heavy atom. The molecule has 0 aliphatic heterocycles. The van der Waals surface area contributed by atoms with Gasteiger partial charge >= 0.3 is 0 Å². The first-order valence-corrected chi connectivity index (χ1v) is 6.41. The summed E-state index contributed by atoms with van der Waals surface area (Å²) < 4.78 is 5.32. The molecule has 96 valence electrons. The smallest absolute Gasteiger partial charge is 0.132 e. The molecule has 1 aliphatic carbocycles. The quantitative estimate of drug-likeness (QED) is 0.849. The van der Waals surface area contributed by atoms with Gasteiger partial charge in [0.05, 0.1) is 6.26 Å². The van der Waals surface area contributed by atoms with E-state index < -0.39 is 6.10 Å². The summed E-state index contributed by atoms with van der Waals surface area (Å²) in [6.07, 6.45) is 5.20. The van der Waals surface area contributed by atoms with Gasteiger partial charge in [0.25, 0.3) is 0 Å². The molecule has 3 heteroatoms. The van der Waals surface area contributed by atoms with E-state index in [1.165, 1.54) is 0 Å². The van der Waals surface area contributed by atoms with Gasteiger partial charge in [0, 0.05) is 12.0 Å². The summed E-state index contributed by atoms with van der Waals surface area (Å²) in [5, 5.41) is 10.5. The first-order valence-electron chi connectivity index (χ1n) is 6.41. The Morgan fingerprint density at radius 3 is 2.47 bits per heavy atom. The molecular weight excluding hydrogens is 214 g/mol. The molecule has 1 aromatic heterocycles. The topological polar surface area (TPSA) is 59.4 Å². The molecule has 3 N–H and O–H groups in total. The second-order valence-corrected chi connectivity index (χ2v) is 6.15. The van der Waals surface area contributed by atoms with E-state index in [0.717, 1.165) is 25.7 Å². The van der Waals surface area contributed by atoms with Gasteiger partial charge in [-0.2, -0.15) is 0 Å². The molecule has 2 rings (SSSR count). The molecule has 1 aromatic rings. The van der Waals surface area contributed by atoms with Crippen molar-refractivity contribution in [2.75, 3.05) is 6.54 Å².